The van der Waals surface area contributed by atoms with Crippen LogP contribution in [0.1, 0.15) is 29.4 Å². The Balaban J connectivity index is 2.15. The van der Waals surface area contributed by atoms with E-state index in [1.807, 2.05) is 19.1 Å². The second kappa shape index (κ2) is 6.83. The number of benzene rings is 1. The van der Waals surface area contributed by atoms with Crippen molar-refractivity contribution in [2.45, 2.75) is 19.9 Å². The lowest BCUT2D eigenvalue weighted by molar-refractivity contribution is 0.0737. The van der Waals surface area contributed by atoms with E-state index in [0.29, 0.717) is 18.8 Å². The molecule has 110 valence electrons. The van der Waals surface area contributed by atoms with Crippen molar-refractivity contribution in [3.63, 3.8) is 0 Å². The molecule has 0 atom stereocenters. The maximum atomic E-state index is 12.9. The van der Waals surface area contributed by atoms with Crippen LogP contribution in [-0.4, -0.2) is 22.3 Å². The summed E-state index contributed by atoms with van der Waals surface area (Å²) in [6, 6.07) is 10.0. The second-order valence-electron chi connectivity index (χ2n) is 4.83. The van der Waals surface area contributed by atoms with Crippen LogP contribution in [0.4, 0.5) is 10.1 Å². The van der Waals surface area contributed by atoms with E-state index >= 15 is 0 Å². The zero-order valence-corrected chi connectivity index (χ0v) is 11.9. The molecule has 0 radical (unpaired) electrons. The highest BCUT2D eigenvalue weighted by Gasteiger charge is 2.16. The minimum Gasteiger partial charge on any atom is -0.399 e. The fourth-order valence-electron chi connectivity index (χ4n) is 2.03. The monoisotopic (exact) mass is 287 g/mol. The molecule has 5 heteroatoms. The van der Waals surface area contributed by atoms with Gasteiger partial charge in [-0.15, -0.1) is 0 Å². The molecular weight excluding hydrogens is 269 g/mol. The lowest BCUT2D eigenvalue weighted by Gasteiger charge is -2.22. The third-order valence-corrected chi connectivity index (χ3v) is 3.08. The fraction of sp³-hybridized carbons (Fsp3) is 0.250. The number of nitrogens with two attached hydrogens (primary N) is 1. The number of aromatic nitrogens is 1. The normalized spacial score (nSPS) is 10.4. The number of carbonyl (C=O) groups is 1. The van der Waals surface area contributed by atoms with Crippen molar-refractivity contribution >= 4 is 11.6 Å². The molecule has 0 fully saturated rings. The van der Waals surface area contributed by atoms with Gasteiger partial charge in [-0.1, -0.05) is 19.1 Å². The van der Waals surface area contributed by atoms with Crippen LogP contribution in [0.5, 0.6) is 0 Å². The summed E-state index contributed by atoms with van der Waals surface area (Å²) < 4.78 is 12.9. The van der Waals surface area contributed by atoms with Gasteiger partial charge in [0.15, 0.2) is 0 Å². The highest BCUT2D eigenvalue weighted by atomic mass is 19.1. The predicted molar refractivity (Wildman–Crippen MR) is 80.1 cm³/mol. The molecule has 1 heterocycles. The Morgan fingerprint density at radius 3 is 2.52 bits per heavy atom. The number of hydrogen-bond donors (Lipinski definition) is 1. The molecular formula is C16H18FN3O. The van der Waals surface area contributed by atoms with Crippen molar-refractivity contribution < 1.29 is 9.18 Å². The van der Waals surface area contributed by atoms with E-state index in [4.69, 9.17) is 5.73 Å². The van der Waals surface area contributed by atoms with Crippen LogP contribution >= 0.6 is 0 Å². The Morgan fingerprint density at radius 2 is 1.95 bits per heavy atom. The van der Waals surface area contributed by atoms with Gasteiger partial charge in [-0.2, -0.15) is 0 Å². The van der Waals surface area contributed by atoms with E-state index in [0.717, 1.165) is 18.2 Å². The van der Waals surface area contributed by atoms with Crippen molar-refractivity contribution in [3.05, 3.63) is 59.7 Å². The Bertz CT molecular complexity index is 596. The lowest BCUT2D eigenvalue weighted by Crippen LogP contribution is -2.31. The minimum absolute atomic E-state index is 0.200. The zero-order valence-electron chi connectivity index (χ0n) is 11.9. The van der Waals surface area contributed by atoms with Gasteiger partial charge in [0, 0.05) is 18.8 Å². The molecule has 2 rings (SSSR count). The van der Waals surface area contributed by atoms with Gasteiger partial charge in [-0.25, -0.2) is 9.37 Å². The molecule has 0 aliphatic rings. The molecule has 0 saturated heterocycles. The third kappa shape index (κ3) is 4.02. The van der Waals surface area contributed by atoms with Crippen LogP contribution in [0, 0.1) is 5.82 Å². The van der Waals surface area contributed by atoms with Crippen LogP contribution in [-0.2, 0) is 6.54 Å². The summed E-state index contributed by atoms with van der Waals surface area (Å²) in [6.07, 6.45) is 1.89. The number of amides is 1. The van der Waals surface area contributed by atoms with Gasteiger partial charge in [0.2, 0.25) is 0 Å². The summed E-state index contributed by atoms with van der Waals surface area (Å²) in [7, 11) is 0. The topological polar surface area (TPSA) is 59.2 Å². The molecule has 0 aliphatic heterocycles. The van der Waals surface area contributed by atoms with Gasteiger partial charge in [0.25, 0.3) is 5.91 Å². The number of pyridine rings is 1. The van der Waals surface area contributed by atoms with Gasteiger partial charge >= 0.3 is 0 Å². The van der Waals surface area contributed by atoms with Crippen molar-refractivity contribution in [1.82, 2.24) is 9.88 Å². The van der Waals surface area contributed by atoms with Crippen LogP contribution < -0.4 is 5.73 Å². The maximum absolute atomic E-state index is 12.9. The summed E-state index contributed by atoms with van der Waals surface area (Å²) >= 11 is 0. The average molecular weight is 287 g/mol. The molecule has 2 aromatic rings. The number of nitrogens with zero attached hydrogens (tertiary/aromatic N) is 2. The zero-order chi connectivity index (χ0) is 15.2. The number of hydrogen-bond acceptors (Lipinski definition) is 3. The number of rotatable bonds is 5. The largest absolute Gasteiger partial charge is 0.399 e. The fourth-order valence-corrected chi connectivity index (χ4v) is 2.03. The van der Waals surface area contributed by atoms with Crippen molar-refractivity contribution in [2.75, 3.05) is 12.3 Å². The number of carbonyl (C=O) groups excluding carboxylic acids is 1. The first-order valence-corrected chi connectivity index (χ1v) is 6.85. The standard InChI is InChI=1S/C16H18FN3O/c1-2-9-20(11-12-3-6-14(18)7-4-12)16(21)15-8-5-13(17)10-19-15/h3-8,10H,2,9,11,18H2,1H3. The first-order valence-electron chi connectivity index (χ1n) is 6.85. The quantitative estimate of drug-likeness (QED) is 0.860. The van der Waals surface area contributed by atoms with E-state index in [-0.39, 0.29) is 11.6 Å². The third-order valence-electron chi connectivity index (χ3n) is 3.08. The van der Waals surface area contributed by atoms with Gasteiger partial charge in [0.1, 0.15) is 11.5 Å². The molecule has 1 aromatic heterocycles. The van der Waals surface area contributed by atoms with Gasteiger partial charge in [0.05, 0.1) is 6.20 Å². The Hall–Kier alpha value is -2.43. The van der Waals surface area contributed by atoms with E-state index in [2.05, 4.69) is 4.98 Å². The number of halogens is 1. The van der Waals surface area contributed by atoms with Crippen LogP contribution in [0.15, 0.2) is 42.6 Å². The number of anilines is 1. The summed E-state index contributed by atoms with van der Waals surface area (Å²) in [5.74, 6) is -0.652. The summed E-state index contributed by atoms with van der Waals surface area (Å²) in [6.45, 7) is 3.09. The molecule has 1 aromatic carbocycles. The smallest absolute Gasteiger partial charge is 0.272 e. The molecule has 1 amide bonds. The summed E-state index contributed by atoms with van der Waals surface area (Å²) in [4.78, 5) is 18.0. The van der Waals surface area contributed by atoms with E-state index in [9.17, 15) is 9.18 Å². The van der Waals surface area contributed by atoms with Gasteiger partial charge in [-0.05, 0) is 36.2 Å². The van der Waals surface area contributed by atoms with Crippen molar-refractivity contribution in [2.24, 2.45) is 0 Å². The molecule has 0 bridgehead atoms. The van der Waals surface area contributed by atoms with Crippen molar-refractivity contribution in [1.29, 1.82) is 0 Å². The maximum Gasteiger partial charge on any atom is 0.272 e. The highest BCUT2D eigenvalue weighted by molar-refractivity contribution is 5.92. The molecule has 0 spiro atoms. The van der Waals surface area contributed by atoms with Crippen molar-refractivity contribution in [3.8, 4) is 0 Å². The average Bonchev–Trinajstić information content (AvgIpc) is 2.49. The Morgan fingerprint density at radius 1 is 1.24 bits per heavy atom. The minimum atomic E-state index is -0.452. The molecule has 0 saturated carbocycles. The van der Waals surface area contributed by atoms with Crippen LogP contribution in [0.3, 0.4) is 0 Å². The molecule has 0 unspecified atom stereocenters. The van der Waals surface area contributed by atoms with E-state index in [1.165, 1.54) is 12.1 Å². The lowest BCUT2D eigenvalue weighted by atomic mass is 10.2. The molecule has 2 N–H and O–H groups in total. The Kier molecular flexibility index (Phi) is 4.87. The Labute approximate surface area is 123 Å². The first kappa shape index (κ1) is 15.0. The van der Waals surface area contributed by atoms with Crippen LogP contribution in [0.2, 0.25) is 0 Å². The predicted octanol–water partition coefficient (Wildman–Crippen LogP) is 2.86. The molecule has 4 nitrogen and oxygen atoms in total. The number of nitrogen functional groups attached to an aromatic ring is 1. The molecule has 0 aliphatic carbocycles. The molecule has 21 heavy (non-hydrogen) atoms. The summed E-state index contributed by atoms with van der Waals surface area (Å²) in [5.41, 5.74) is 7.59. The first-order chi connectivity index (χ1) is 10.1. The van der Waals surface area contributed by atoms with Crippen LogP contribution in [0.25, 0.3) is 0 Å². The SMILES string of the molecule is CCCN(Cc1ccc(N)cc1)C(=O)c1ccc(F)cn1. The van der Waals surface area contributed by atoms with E-state index in [1.54, 1.807) is 17.0 Å². The highest BCUT2D eigenvalue weighted by Crippen LogP contribution is 2.12. The van der Waals surface area contributed by atoms with Gasteiger partial charge < -0.3 is 10.6 Å². The van der Waals surface area contributed by atoms with Gasteiger partial charge in [-0.3, -0.25) is 4.79 Å². The summed E-state index contributed by atoms with van der Waals surface area (Å²) in [5, 5.41) is 0. The van der Waals surface area contributed by atoms with E-state index < -0.39 is 5.82 Å². The second-order valence-corrected chi connectivity index (χ2v) is 4.83.